The van der Waals surface area contributed by atoms with E-state index >= 15 is 0 Å². The van der Waals surface area contributed by atoms with Gasteiger partial charge in [-0.3, -0.25) is 9.59 Å². The third-order valence-electron chi connectivity index (χ3n) is 6.56. The highest BCUT2D eigenvalue weighted by molar-refractivity contribution is 7.80. The van der Waals surface area contributed by atoms with Crippen LogP contribution in [0.25, 0.3) is 5.82 Å². The van der Waals surface area contributed by atoms with E-state index in [4.69, 9.17) is 30.6 Å². The largest absolute Gasteiger partial charge is 0.724 e. The first-order chi connectivity index (χ1) is 21.7. The van der Waals surface area contributed by atoms with Crippen LogP contribution in [0.1, 0.15) is 39.3 Å². The maximum Gasteiger partial charge on any atom is 0.373 e. The van der Waals surface area contributed by atoms with E-state index in [0.29, 0.717) is 23.2 Å². The number of anilines is 1. The van der Waals surface area contributed by atoms with Gasteiger partial charge in [-0.25, -0.2) is 23.0 Å². The maximum absolute atomic E-state index is 13.2. The number of oxime groups is 1. The molecular weight excluding hydrogens is 648 g/mol. The highest BCUT2D eigenvalue weighted by atomic mass is 32.3. The lowest BCUT2D eigenvalue weighted by Crippen LogP contribution is -2.68. The number of amides is 1. The molecule has 4 N–H and O–H groups in total. The highest BCUT2D eigenvalue weighted by Gasteiger charge is 2.57. The van der Waals surface area contributed by atoms with Crippen LogP contribution in [0.3, 0.4) is 0 Å². The molecule has 0 radical (unpaired) electrons. The molecule has 46 heavy (non-hydrogen) atoms. The Morgan fingerprint density at radius 2 is 2.04 bits per heavy atom. The second-order valence-electron chi connectivity index (χ2n) is 10.3. The molecule has 20 heteroatoms. The van der Waals surface area contributed by atoms with E-state index in [1.165, 1.54) is 19.2 Å². The lowest BCUT2D eigenvalue weighted by molar-refractivity contribution is -0.696. The average Bonchev–Trinajstić information content (AvgIpc) is 3.66. The molecule has 1 amide bonds. The normalized spacial score (nSPS) is 16.5. The fourth-order valence-corrected chi connectivity index (χ4v) is 5.21. The van der Waals surface area contributed by atoms with Crippen LogP contribution in [0.15, 0.2) is 47.6 Å². The first kappa shape index (κ1) is 35.9. The number of nitrogens with two attached hydrogens (primary N) is 2. The van der Waals surface area contributed by atoms with Crippen molar-refractivity contribution in [1.29, 1.82) is 0 Å². The summed E-state index contributed by atoms with van der Waals surface area (Å²) in [5.41, 5.74) is 10.0. The number of nitrogens with zero attached hydrogens (tertiary/aromatic N) is 6. The van der Waals surface area contributed by atoms with E-state index in [9.17, 15) is 22.6 Å². The number of aryl methyl sites for hydroxylation is 1. The first-order valence-electron chi connectivity index (χ1n) is 13.5. The van der Waals surface area contributed by atoms with Crippen molar-refractivity contribution >= 4 is 50.4 Å². The molecule has 248 valence electrons. The van der Waals surface area contributed by atoms with Gasteiger partial charge >= 0.3 is 6.15 Å². The zero-order valence-corrected chi connectivity index (χ0v) is 26.6. The minimum Gasteiger partial charge on any atom is -0.724 e. The number of ether oxygens (including phenoxy) is 1. The molecule has 0 aromatic carbocycles. The molecule has 4 heterocycles. The molecular formula is C26H32N8O10S2. The Balaban J connectivity index is 0.00000185. The number of carbonyl (C=O) groups excluding carboxylic acids is 4. The molecule has 0 saturated carbocycles. The summed E-state index contributed by atoms with van der Waals surface area (Å²) >= 11 is 1.08. The number of hydroxylamine groups is 2. The molecule has 0 spiro atoms. The van der Waals surface area contributed by atoms with E-state index in [1.54, 1.807) is 25.3 Å². The number of nitrogen functional groups attached to an aromatic ring is 1. The van der Waals surface area contributed by atoms with Gasteiger partial charge in [-0.1, -0.05) is 5.16 Å². The van der Waals surface area contributed by atoms with Crippen molar-refractivity contribution in [2.24, 2.45) is 16.8 Å². The Hall–Kier alpha value is -4.59. The molecule has 18 nitrogen and oxygen atoms in total. The van der Waals surface area contributed by atoms with Gasteiger partial charge in [0.05, 0.1) is 24.2 Å². The van der Waals surface area contributed by atoms with Gasteiger partial charge in [0.1, 0.15) is 30.4 Å². The fourth-order valence-electron chi connectivity index (χ4n) is 4.22. The van der Waals surface area contributed by atoms with E-state index < -0.39 is 39.7 Å². The second-order valence-corrected chi connectivity index (χ2v) is 12.2. The lowest BCUT2D eigenvalue weighted by atomic mass is 9.74. The zero-order valence-electron chi connectivity index (χ0n) is 25.0. The quantitative estimate of drug-likeness (QED) is 0.0524. The molecule has 1 aliphatic heterocycles. The maximum atomic E-state index is 13.2. The Kier molecular flexibility index (Phi) is 12.2. The predicted octanol–water partition coefficient (Wildman–Crippen LogP) is -0.260. The molecule has 2 atom stereocenters. The van der Waals surface area contributed by atoms with Crippen molar-refractivity contribution in [3.05, 3.63) is 48.1 Å². The fraction of sp³-hybridized carbons (Fsp3) is 0.423. The number of Topliss-reactive ketones (excluding diaryl/α,β-unsaturated/α-hetero) is 1. The molecule has 3 aromatic heterocycles. The molecule has 0 unspecified atom stereocenters. The summed E-state index contributed by atoms with van der Waals surface area (Å²) in [6.45, 7) is 6.10. The topological polar surface area (TPSA) is 255 Å². The smallest absolute Gasteiger partial charge is 0.373 e. The summed E-state index contributed by atoms with van der Waals surface area (Å²) in [6, 6.07) is 3.57. The van der Waals surface area contributed by atoms with E-state index in [2.05, 4.69) is 19.4 Å². The SMILES string of the molecule is C[C@@H](COc1ccc(-n2cc[n+](CCCN)c2)nc1)O/N=C(\C(=O)C[C@@H]1C(=O)N(OS(=O)(=O)[O-])C1(C)C)c1csc(N)n1.O=C=O. The number of hydrogen-bond donors (Lipinski definition) is 2. The van der Waals surface area contributed by atoms with E-state index in [1.807, 2.05) is 27.9 Å². The number of ketones is 1. The number of β-lactam (4-membered cyclic amide) rings is 1. The van der Waals surface area contributed by atoms with E-state index in [-0.39, 0.29) is 35.7 Å². The summed E-state index contributed by atoms with van der Waals surface area (Å²) in [5.74, 6) is -1.23. The Bertz CT molecular complexity index is 1680. The van der Waals surface area contributed by atoms with Gasteiger partial charge in [-0.05, 0) is 39.8 Å². The van der Waals surface area contributed by atoms with Gasteiger partial charge in [0.25, 0.3) is 5.91 Å². The Labute approximate surface area is 267 Å². The van der Waals surface area contributed by atoms with Gasteiger partial charge in [0.15, 0.2) is 22.7 Å². The van der Waals surface area contributed by atoms with Crippen molar-refractivity contribution in [1.82, 2.24) is 19.6 Å². The minimum absolute atomic E-state index is 0.0674. The molecule has 0 bridgehead atoms. The van der Waals surface area contributed by atoms with Gasteiger partial charge < -0.3 is 25.6 Å². The lowest BCUT2D eigenvalue weighted by Gasteiger charge is -2.51. The van der Waals surface area contributed by atoms with Crippen LogP contribution in [0.4, 0.5) is 5.13 Å². The van der Waals surface area contributed by atoms with Gasteiger partial charge in [-0.2, -0.15) is 23.5 Å². The predicted molar refractivity (Wildman–Crippen MR) is 156 cm³/mol. The second kappa shape index (κ2) is 15.6. The molecule has 0 aliphatic carbocycles. The Morgan fingerprint density at radius 3 is 2.61 bits per heavy atom. The number of hydrogen-bond acceptors (Lipinski definition) is 16. The number of thiazole rings is 1. The number of pyridine rings is 1. The van der Waals surface area contributed by atoms with Crippen LogP contribution in [0, 0.1) is 5.92 Å². The zero-order chi connectivity index (χ0) is 34.1. The van der Waals surface area contributed by atoms with E-state index in [0.717, 1.165) is 24.3 Å². The van der Waals surface area contributed by atoms with Crippen LogP contribution in [0.5, 0.6) is 5.75 Å². The molecule has 1 saturated heterocycles. The minimum atomic E-state index is -5.17. The number of rotatable bonds is 15. The third kappa shape index (κ3) is 9.46. The Morgan fingerprint density at radius 1 is 1.33 bits per heavy atom. The summed E-state index contributed by atoms with van der Waals surface area (Å²) in [5, 5.41) is 6.15. The van der Waals surface area contributed by atoms with Crippen LogP contribution < -0.4 is 20.8 Å². The van der Waals surface area contributed by atoms with Gasteiger partial charge in [0.2, 0.25) is 22.5 Å². The van der Waals surface area contributed by atoms with Crippen LogP contribution in [-0.2, 0) is 45.2 Å². The monoisotopic (exact) mass is 680 g/mol. The number of carbonyl (C=O) groups is 2. The van der Waals surface area contributed by atoms with Crippen molar-refractivity contribution in [2.45, 2.75) is 51.8 Å². The van der Waals surface area contributed by atoms with Gasteiger partial charge in [-0.15, -0.1) is 11.3 Å². The number of imidazole rings is 1. The average molecular weight is 681 g/mol. The summed E-state index contributed by atoms with van der Waals surface area (Å²) in [7, 11) is -5.17. The number of aromatic nitrogens is 4. The molecule has 4 rings (SSSR count). The van der Waals surface area contributed by atoms with Crippen LogP contribution in [0.2, 0.25) is 0 Å². The van der Waals surface area contributed by atoms with Crippen LogP contribution in [-0.4, -0.2) is 80.9 Å². The summed E-state index contributed by atoms with van der Waals surface area (Å²) < 4.78 is 46.8. The van der Waals surface area contributed by atoms with Crippen molar-refractivity contribution in [2.75, 3.05) is 18.9 Å². The standard InChI is InChI=1S/C25H32N8O8S2.CO2/c1-16(13-39-17-5-6-21(28-12-17)32-10-9-31(15-32)8-4-7-26)40-30-22(19-14-42-24(27)29-19)20(34)11-18-23(35)33(25(18,2)3)41-43(36,37)38;2-1-3/h5-6,9-10,12,14-16,18H,4,7-8,11,13,26H2,1-3H3,(H2-,27,29,36,37,38);/b30-22-;/t16-,18+;/m0./s1. The van der Waals surface area contributed by atoms with Crippen LogP contribution >= 0.6 is 11.3 Å². The molecule has 1 aliphatic rings. The van der Waals surface area contributed by atoms with Crippen molar-refractivity contribution < 1.29 is 50.6 Å². The molecule has 3 aromatic rings. The first-order valence-corrected chi connectivity index (χ1v) is 15.7. The summed E-state index contributed by atoms with van der Waals surface area (Å²) in [4.78, 5) is 56.0. The summed E-state index contributed by atoms with van der Waals surface area (Å²) in [6.07, 6.45) is 7.46. The molecule has 1 fully saturated rings. The van der Waals surface area contributed by atoms with Crippen molar-refractivity contribution in [3.63, 3.8) is 0 Å². The van der Waals surface area contributed by atoms with Gasteiger partial charge in [0, 0.05) is 17.9 Å². The highest BCUT2D eigenvalue weighted by Crippen LogP contribution is 2.40. The third-order valence-corrected chi connectivity index (χ3v) is 7.57. The van der Waals surface area contributed by atoms with Crippen molar-refractivity contribution in [3.8, 4) is 11.6 Å².